The minimum Gasteiger partial charge on any atom is -0.349 e. The van der Waals surface area contributed by atoms with Gasteiger partial charge in [-0.1, -0.05) is 62.4 Å². The molecule has 0 aliphatic heterocycles. The molecule has 1 N–H and O–H groups in total. The average molecular weight is 458 g/mol. The quantitative estimate of drug-likeness (QED) is 0.528. The van der Waals surface area contributed by atoms with Gasteiger partial charge in [-0.15, -0.1) is 0 Å². The number of hydrogen-bond donors (Lipinski definition) is 1. The van der Waals surface area contributed by atoms with Crippen molar-refractivity contribution in [2.75, 3.05) is 0 Å². The first-order chi connectivity index (χ1) is 16.6. The van der Waals surface area contributed by atoms with E-state index < -0.39 is 0 Å². The monoisotopic (exact) mass is 457 g/mol. The van der Waals surface area contributed by atoms with Crippen LogP contribution in [0.25, 0.3) is 0 Å². The molecule has 34 heavy (non-hydrogen) atoms. The lowest BCUT2D eigenvalue weighted by Crippen LogP contribution is -2.39. The molecule has 2 aromatic heterocycles. The number of nitrogens with zero attached hydrogens (tertiary/aromatic N) is 2. The molecule has 1 amide bonds. The first-order valence-electron chi connectivity index (χ1n) is 12.6. The van der Waals surface area contributed by atoms with Gasteiger partial charge in [-0.3, -0.25) is 14.6 Å². The summed E-state index contributed by atoms with van der Waals surface area (Å²) in [5, 5.41) is 3.23. The Hall–Kier alpha value is -3.21. The van der Waals surface area contributed by atoms with Crippen LogP contribution < -0.4 is 10.7 Å². The Bertz CT molecular complexity index is 1130. The number of aromatic nitrogens is 2. The van der Waals surface area contributed by atoms with Crippen molar-refractivity contribution in [2.45, 2.75) is 77.3 Å². The second-order valence-corrected chi connectivity index (χ2v) is 9.41. The molecule has 0 atom stereocenters. The van der Waals surface area contributed by atoms with Gasteiger partial charge in [0.15, 0.2) is 5.43 Å². The zero-order valence-corrected chi connectivity index (χ0v) is 20.1. The van der Waals surface area contributed by atoms with Crippen LogP contribution in [0.1, 0.15) is 77.8 Å². The number of amides is 1. The largest absolute Gasteiger partial charge is 0.349 e. The Kier molecular flexibility index (Phi) is 8.29. The van der Waals surface area contributed by atoms with Crippen LogP contribution in [0.2, 0.25) is 0 Å². The molecule has 0 bridgehead atoms. The third kappa shape index (κ3) is 6.22. The number of nitrogens with one attached hydrogen (secondary N) is 1. The van der Waals surface area contributed by atoms with Gasteiger partial charge in [0.2, 0.25) is 0 Å². The fourth-order valence-corrected chi connectivity index (χ4v) is 4.99. The van der Waals surface area contributed by atoms with E-state index >= 15 is 0 Å². The average Bonchev–Trinajstić information content (AvgIpc) is 2.82. The first-order valence-corrected chi connectivity index (χ1v) is 12.6. The van der Waals surface area contributed by atoms with E-state index in [4.69, 9.17) is 0 Å². The summed E-state index contributed by atoms with van der Waals surface area (Å²) in [6, 6.07) is 16.0. The topological polar surface area (TPSA) is 64.0 Å². The van der Waals surface area contributed by atoms with Crippen molar-refractivity contribution in [3.05, 3.63) is 99.2 Å². The van der Waals surface area contributed by atoms with Gasteiger partial charge < -0.3 is 9.88 Å². The number of pyridine rings is 2. The molecule has 1 saturated carbocycles. The van der Waals surface area contributed by atoms with E-state index in [0.29, 0.717) is 18.5 Å². The molecule has 178 valence electrons. The molecule has 5 nitrogen and oxygen atoms in total. The number of benzene rings is 1. The Balaban J connectivity index is 1.68. The molecule has 4 rings (SSSR count). The lowest BCUT2D eigenvalue weighted by molar-refractivity contribution is 0.0927. The summed E-state index contributed by atoms with van der Waals surface area (Å²) in [4.78, 5) is 30.9. The second-order valence-electron chi connectivity index (χ2n) is 9.41. The summed E-state index contributed by atoms with van der Waals surface area (Å²) >= 11 is 0. The van der Waals surface area contributed by atoms with Crippen molar-refractivity contribution in [1.82, 2.24) is 14.9 Å². The number of carbonyl (C=O) groups is 1. The van der Waals surface area contributed by atoms with Gasteiger partial charge in [0.1, 0.15) is 5.56 Å². The standard InChI is InChI=1S/C29H35N3O2/c1-22-20-27(33)28(29(34)31-25-12-8-3-2-4-9-13-25)26(15-14-23-10-6-5-7-11-23)32(22)21-24-16-18-30-19-17-24/h5-7,10-11,16-20,25H,2-4,8-9,12-15,21H2,1H3,(H,31,34). The van der Waals surface area contributed by atoms with Gasteiger partial charge in [0.25, 0.3) is 5.91 Å². The molecule has 1 aromatic carbocycles. The molecule has 0 spiro atoms. The zero-order chi connectivity index (χ0) is 23.8. The molecule has 1 aliphatic carbocycles. The minimum atomic E-state index is -0.220. The highest BCUT2D eigenvalue weighted by Crippen LogP contribution is 2.19. The predicted octanol–water partition coefficient (Wildman–Crippen LogP) is 5.23. The minimum absolute atomic E-state index is 0.143. The summed E-state index contributed by atoms with van der Waals surface area (Å²) in [6.07, 6.45) is 12.9. The lowest BCUT2D eigenvalue weighted by Gasteiger charge is -2.24. The van der Waals surface area contributed by atoms with Gasteiger partial charge in [-0.25, -0.2) is 0 Å². The highest BCUT2D eigenvalue weighted by molar-refractivity contribution is 5.95. The number of carbonyl (C=O) groups excluding carboxylic acids is 1. The van der Waals surface area contributed by atoms with E-state index in [1.165, 1.54) is 24.8 Å². The predicted molar refractivity (Wildman–Crippen MR) is 136 cm³/mol. The number of rotatable bonds is 7. The lowest BCUT2D eigenvalue weighted by atomic mass is 9.96. The highest BCUT2D eigenvalue weighted by Gasteiger charge is 2.23. The van der Waals surface area contributed by atoms with Gasteiger partial charge in [-0.05, 0) is 55.9 Å². The summed E-state index contributed by atoms with van der Waals surface area (Å²) in [7, 11) is 0. The van der Waals surface area contributed by atoms with Crippen LogP contribution in [0.5, 0.6) is 0 Å². The van der Waals surface area contributed by atoms with Crippen molar-refractivity contribution < 1.29 is 4.79 Å². The molecular weight excluding hydrogens is 422 g/mol. The molecule has 2 heterocycles. The van der Waals surface area contributed by atoms with Crippen molar-refractivity contribution >= 4 is 5.91 Å². The maximum atomic E-state index is 13.5. The molecule has 0 saturated heterocycles. The van der Waals surface area contributed by atoms with Crippen LogP contribution in [-0.2, 0) is 19.4 Å². The van der Waals surface area contributed by atoms with E-state index in [1.54, 1.807) is 18.5 Å². The van der Waals surface area contributed by atoms with Crippen LogP contribution in [0.4, 0.5) is 0 Å². The van der Waals surface area contributed by atoms with Crippen LogP contribution in [0.3, 0.4) is 0 Å². The zero-order valence-electron chi connectivity index (χ0n) is 20.1. The van der Waals surface area contributed by atoms with Crippen molar-refractivity contribution in [3.8, 4) is 0 Å². The SMILES string of the molecule is Cc1cc(=O)c(C(=O)NC2CCCCCCC2)c(CCc2ccccc2)n1Cc1ccncc1. The third-order valence-electron chi connectivity index (χ3n) is 6.88. The Morgan fingerprint density at radius 1 is 0.941 bits per heavy atom. The molecule has 1 aliphatic rings. The summed E-state index contributed by atoms with van der Waals surface area (Å²) in [6.45, 7) is 2.55. The van der Waals surface area contributed by atoms with E-state index in [2.05, 4.69) is 27.0 Å². The first kappa shape index (κ1) is 23.9. The summed E-state index contributed by atoms with van der Waals surface area (Å²) in [5.74, 6) is -0.220. The van der Waals surface area contributed by atoms with Gasteiger partial charge in [0.05, 0.1) is 0 Å². The summed E-state index contributed by atoms with van der Waals surface area (Å²) < 4.78 is 2.13. The Labute approximate surface area is 202 Å². The normalized spacial score (nSPS) is 14.9. The van der Waals surface area contributed by atoms with E-state index in [0.717, 1.165) is 49.1 Å². The fourth-order valence-electron chi connectivity index (χ4n) is 4.99. The van der Waals surface area contributed by atoms with Gasteiger partial charge in [-0.2, -0.15) is 0 Å². The maximum absolute atomic E-state index is 13.5. The molecule has 5 heteroatoms. The van der Waals surface area contributed by atoms with Crippen molar-refractivity contribution in [2.24, 2.45) is 0 Å². The van der Waals surface area contributed by atoms with Crippen molar-refractivity contribution in [3.63, 3.8) is 0 Å². The molecule has 3 aromatic rings. The van der Waals surface area contributed by atoms with Gasteiger partial charge >= 0.3 is 0 Å². The highest BCUT2D eigenvalue weighted by atomic mass is 16.2. The molecule has 1 fully saturated rings. The Morgan fingerprint density at radius 3 is 2.32 bits per heavy atom. The van der Waals surface area contributed by atoms with Crippen LogP contribution >= 0.6 is 0 Å². The number of aryl methyl sites for hydroxylation is 2. The van der Waals surface area contributed by atoms with Crippen molar-refractivity contribution in [1.29, 1.82) is 0 Å². The van der Waals surface area contributed by atoms with E-state index in [-0.39, 0.29) is 17.4 Å². The fraction of sp³-hybridized carbons (Fsp3) is 0.414. The van der Waals surface area contributed by atoms with Crippen LogP contribution in [-0.4, -0.2) is 21.5 Å². The van der Waals surface area contributed by atoms with Crippen LogP contribution in [0, 0.1) is 6.92 Å². The maximum Gasteiger partial charge on any atom is 0.257 e. The van der Waals surface area contributed by atoms with Gasteiger partial charge in [0, 0.05) is 42.4 Å². The van der Waals surface area contributed by atoms with E-state index in [9.17, 15) is 9.59 Å². The third-order valence-corrected chi connectivity index (χ3v) is 6.88. The molecule has 0 unspecified atom stereocenters. The molecular formula is C29H35N3O2. The second kappa shape index (κ2) is 11.8. The van der Waals surface area contributed by atoms with E-state index in [1.807, 2.05) is 37.3 Å². The Morgan fingerprint density at radius 2 is 1.62 bits per heavy atom. The molecule has 0 radical (unpaired) electrons. The number of hydrogen-bond acceptors (Lipinski definition) is 3. The smallest absolute Gasteiger partial charge is 0.257 e. The summed E-state index contributed by atoms with van der Waals surface area (Å²) in [5.41, 5.74) is 4.08. The van der Waals surface area contributed by atoms with Crippen LogP contribution in [0.15, 0.2) is 65.7 Å².